The Kier molecular flexibility index (Phi) is 3.25. The molecule has 0 saturated heterocycles. The van der Waals surface area contributed by atoms with Crippen molar-refractivity contribution in [3.05, 3.63) is 60.2 Å². The Labute approximate surface area is 99.0 Å². The standard InChI is InChI=1S/C13H12N2O2/c14-13(15-16)10-6-8-12(9-7-10)17-11-4-2-1-3-5-11/h1-9,16H,(H2,14,15). The van der Waals surface area contributed by atoms with E-state index < -0.39 is 0 Å². The Morgan fingerprint density at radius 3 is 2.12 bits per heavy atom. The van der Waals surface area contributed by atoms with Gasteiger partial charge in [-0.05, 0) is 36.4 Å². The molecule has 4 nitrogen and oxygen atoms in total. The SMILES string of the molecule is N/C(=N\O)c1ccc(Oc2ccccc2)cc1. The molecule has 2 aromatic carbocycles. The van der Waals surface area contributed by atoms with Gasteiger partial charge >= 0.3 is 0 Å². The number of nitrogens with two attached hydrogens (primary N) is 1. The van der Waals surface area contributed by atoms with Crippen LogP contribution in [0.2, 0.25) is 0 Å². The van der Waals surface area contributed by atoms with Crippen LogP contribution in [0.1, 0.15) is 5.56 Å². The first-order chi connectivity index (χ1) is 8.29. The Morgan fingerprint density at radius 1 is 0.941 bits per heavy atom. The number of oxime groups is 1. The van der Waals surface area contributed by atoms with Gasteiger partial charge in [0.15, 0.2) is 5.84 Å². The number of amidine groups is 1. The van der Waals surface area contributed by atoms with Gasteiger partial charge in [0.25, 0.3) is 0 Å². The fraction of sp³-hybridized carbons (Fsp3) is 0. The van der Waals surface area contributed by atoms with Crippen LogP contribution in [0.5, 0.6) is 11.5 Å². The molecule has 0 bridgehead atoms. The van der Waals surface area contributed by atoms with Crippen LogP contribution < -0.4 is 10.5 Å². The van der Waals surface area contributed by atoms with Crippen LogP contribution >= 0.6 is 0 Å². The molecular weight excluding hydrogens is 216 g/mol. The lowest BCUT2D eigenvalue weighted by atomic mass is 10.2. The Morgan fingerprint density at radius 2 is 1.53 bits per heavy atom. The van der Waals surface area contributed by atoms with Crippen molar-refractivity contribution in [2.75, 3.05) is 0 Å². The zero-order valence-electron chi connectivity index (χ0n) is 9.08. The smallest absolute Gasteiger partial charge is 0.170 e. The molecule has 0 saturated carbocycles. The molecule has 17 heavy (non-hydrogen) atoms. The zero-order valence-corrected chi connectivity index (χ0v) is 9.08. The molecule has 0 unspecified atom stereocenters. The van der Waals surface area contributed by atoms with Gasteiger partial charge in [-0.2, -0.15) is 0 Å². The van der Waals surface area contributed by atoms with Gasteiger partial charge in [0, 0.05) is 5.56 Å². The van der Waals surface area contributed by atoms with Gasteiger partial charge in [0.05, 0.1) is 0 Å². The molecule has 86 valence electrons. The summed E-state index contributed by atoms with van der Waals surface area (Å²) < 4.78 is 5.60. The average Bonchev–Trinajstić information content (AvgIpc) is 2.40. The van der Waals surface area contributed by atoms with E-state index in [1.54, 1.807) is 24.3 Å². The molecule has 0 fully saturated rings. The van der Waals surface area contributed by atoms with Gasteiger partial charge in [-0.15, -0.1) is 0 Å². The molecule has 0 aliphatic rings. The number of hydrogen-bond acceptors (Lipinski definition) is 3. The Hall–Kier alpha value is -2.49. The molecule has 0 aliphatic heterocycles. The van der Waals surface area contributed by atoms with Gasteiger partial charge in [0.1, 0.15) is 11.5 Å². The maximum Gasteiger partial charge on any atom is 0.170 e. The van der Waals surface area contributed by atoms with Crippen molar-refractivity contribution in [3.8, 4) is 11.5 Å². The first-order valence-corrected chi connectivity index (χ1v) is 5.10. The number of nitrogens with zero attached hydrogens (tertiary/aromatic N) is 1. The number of rotatable bonds is 3. The summed E-state index contributed by atoms with van der Waals surface area (Å²) in [5.74, 6) is 1.55. The van der Waals surface area contributed by atoms with Crippen LogP contribution in [-0.4, -0.2) is 11.0 Å². The highest BCUT2D eigenvalue weighted by Gasteiger charge is 2.00. The summed E-state index contributed by atoms with van der Waals surface area (Å²) in [6.45, 7) is 0. The topological polar surface area (TPSA) is 67.8 Å². The van der Waals surface area contributed by atoms with Crippen LogP contribution in [0, 0.1) is 0 Å². The van der Waals surface area contributed by atoms with E-state index in [2.05, 4.69) is 5.16 Å². The summed E-state index contributed by atoms with van der Waals surface area (Å²) in [7, 11) is 0. The highest BCUT2D eigenvalue weighted by molar-refractivity contribution is 5.97. The summed E-state index contributed by atoms with van der Waals surface area (Å²) in [6, 6.07) is 16.5. The predicted molar refractivity (Wildman–Crippen MR) is 65.5 cm³/mol. The summed E-state index contributed by atoms with van der Waals surface area (Å²) in [5, 5.41) is 11.5. The molecule has 0 aliphatic carbocycles. The highest BCUT2D eigenvalue weighted by atomic mass is 16.5. The van der Waals surface area contributed by atoms with Gasteiger partial charge < -0.3 is 15.7 Å². The molecule has 2 aromatic rings. The lowest BCUT2D eigenvalue weighted by Crippen LogP contribution is -2.12. The number of ether oxygens (including phenoxy) is 1. The van der Waals surface area contributed by atoms with Crippen molar-refractivity contribution >= 4 is 5.84 Å². The van der Waals surface area contributed by atoms with E-state index in [1.165, 1.54) is 0 Å². The first kappa shape index (κ1) is 11.0. The van der Waals surface area contributed by atoms with Gasteiger partial charge in [-0.1, -0.05) is 23.4 Å². The van der Waals surface area contributed by atoms with Crippen molar-refractivity contribution < 1.29 is 9.94 Å². The summed E-state index contributed by atoms with van der Waals surface area (Å²) in [5.41, 5.74) is 6.10. The summed E-state index contributed by atoms with van der Waals surface area (Å²) >= 11 is 0. The molecule has 3 N–H and O–H groups in total. The molecule has 0 spiro atoms. The van der Waals surface area contributed by atoms with E-state index in [4.69, 9.17) is 15.7 Å². The van der Waals surface area contributed by atoms with E-state index in [-0.39, 0.29) is 5.84 Å². The first-order valence-electron chi connectivity index (χ1n) is 5.10. The Balaban J connectivity index is 2.14. The third kappa shape index (κ3) is 2.75. The highest BCUT2D eigenvalue weighted by Crippen LogP contribution is 2.20. The monoisotopic (exact) mass is 228 g/mol. The fourth-order valence-corrected chi connectivity index (χ4v) is 1.38. The van der Waals surface area contributed by atoms with E-state index in [0.29, 0.717) is 11.3 Å². The van der Waals surface area contributed by atoms with Crippen LogP contribution in [0.3, 0.4) is 0 Å². The van der Waals surface area contributed by atoms with Crippen molar-refractivity contribution in [2.24, 2.45) is 10.9 Å². The quantitative estimate of drug-likeness (QED) is 0.367. The average molecular weight is 228 g/mol. The predicted octanol–water partition coefficient (Wildman–Crippen LogP) is 2.57. The van der Waals surface area contributed by atoms with Crippen molar-refractivity contribution in [2.45, 2.75) is 0 Å². The van der Waals surface area contributed by atoms with E-state index in [0.717, 1.165) is 5.75 Å². The maximum atomic E-state index is 8.52. The van der Waals surface area contributed by atoms with Crippen LogP contribution in [0.4, 0.5) is 0 Å². The molecule has 0 radical (unpaired) electrons. The largest absolute Gasteiger partial charge is 0.457 e. The van der Waals surface area contributed by atoms with Crippen molar-refractivity contribution in [1.82, 2.24) is 0 Å². The minimum absolute atomic E-state index is 0.0799. The van der Waals surface area contributed by atoms with E-state index in [1.807, 2.05) is 30.3 Å². The molecule has 2 rings (SSSR count). The second kappa shape index (κ2) is 5.03. The molecule has 0 aromatic heterocycles. The normalized spacial score (nSPS) is 11.2. The number of hydrogen-bond donors (Lipinski definition) is 2. The van der Waals surface area contributed by atoms with Crippen molar-refractivity contribution in [3.63, 3.8) is 0 Å². The van der Waals surface area contributed by atoms with Crippen LogP contribution in [0.25, 0.3) is 0 Å². The van der Waals surface area contributed by atoms with E-state index >= 15 is 0 Å². The maximum absolute atomic E-state index is 8.52. The van der Waals surface area contributed by atoms with Gasteiger partial charge in [-0.3, -0.25) is 0 Å². The summed E-state index contributed by atoms with van der Waals surface area (Å²) in [4.78, 5) is 0. The number of benzene rings is 2. The third-order valence-electron chi connectivity index (χ3n) is 2.24. The molecular formula is C13H12N2O2. The minimum atomic E-state index is 0.0799. The lowest BCUT2D eigenvalue weighted by Gasteiger charge is -2.05. The van der Waals surface area contributed by atoms with E-state index in [9.17, 15) is 0 Å². The van der Waals surface area contributed by atoms with Gasteiger partial charge in [-0.25, -0.2) is 0 Å². The summed E-state index contributed by atoms with van der Waals surface area (Å²) in [6.07, 6.45) is 0. The molecule has 0 heterocycles. The van der Waals surface area contributed by atoms with Gasteiger partial charge in [0.2, 0.25) is 0 Å². The third-order valence-corrected chi connectivity index (χ3v) is 2.24. The van der Waals surface area contributed by atoms with Crippen LogP contribution in [0.15, 0.2) is 59.8 Å². The molecule has 0 amide bonds. The minimum Gasteiger partial charge on any atom is -0.457 e. The Bertz CT molecular complexity index is 507. The second-order valence-electron chi connectivity index (χ2n) is 3.42. The molecule has 4 heteroatoms. The lowest BCUT2D eigenvalue weighted by molar-refractivity contribution is 0.318. The number of para-hydroxylation sites is 1. The van der Waals surface area contributed by atoms with Crippen molar-refractivity contribution in [1.29, 1.82) is 0 Å². The fourth-order valence-electron chi connectivity index (χ4n) is 1.38. The second-order valence-corrected chi connectivity index (χ2v) is 3.42. The van der Waals surface area contributed by atoms with Crippen LogP contribution in [-0.2, 0) is 0 Å². The zero-order chi connectivity index (χ0) is 12.1. The molecule has 0 atom stereocenters.